The Bertz CT molecular complexity index is 1370. The van der Waals surface area contributed by atoms with Crippen molar-refractivity contribution in [3.05, 3.63) is 118 Å². The van der Waals surface area contributed by atoms with Crippen molar-refractivity contribution in [1.82, 2.24) is 0 Å². The minimum atomic E-state index is -0.593. The van der Waals surface area contributed by atoms with Crippen LogP contribution >= 0.6 is 0 Å². The van der Waals surface area contributed by atoms with Crippen molar-refractivity contribution in [2.24, 2.45) is 0 Å². The van der Waals surface area contributed by atoms with Crippen LogP contribution in [0.15, 0.2) is 84.9 Å². The molecule has 1 aliphatic heterocycles. The summed E-state index contributed by atoms with van der Waals surface area (Å²) in [7, 11) is 0. The maximum atomic E-state index is 7.22. The van der Waals surface area contributed by atoms with Crippen LogP contribution in [0, 0.1) is 6.92 Å². The van der Waals surface area contributed by atoms with E-state index in [4.69, 9.17) is 4.74 Å². The Balaban J connectivity index is 1.56. The van der Waals surface area contributed by atoms with E-state index < -0.39 is 5.60 Å². The Kier molecular flexibility index (Phi) is 3.63. The Hall–Kier alpha value is -3.32. The predicted octanol–water partition coefficient (Wildman–Crippen LogP) is 7.67. The first-order chi connectivity index (χ1) is 15.7. The van der Waals surface area contributed by atoms with E-state index in [1.54, 1.807) is 0 Å². The Morgan fingerprint density at radius 2 is 1.31 bits per heavy atom. The molecular weight excluding hydrogens is 388 g/mol. The van der Waals surface area contributed by atoms with E-state index in [0.29, 0.717) is 0 Å². The molecule has 0 saturated heterocycles. The molecule has 2 aliphatic carbocycles. The maximum absolute atomic E-state index is 7.22. The molecule has 7 rings (SSSR count). The lowest BCUT2D eigenvalue weighted by molar-refractivity contribution is 0.152. The normalized spacial score (nSPS) is 18.9. The van der Waals surface area contributed by atoms with E-state index in [0.717, 1.165) is 5.75 Å². The van der Waals surface area contributed by atoms with Crippen molar-refractivity contribution in [1.29, 1.82) is 0 Å². The zero-order chi connectivity index (χ0) is 21.3. The summed E-state index contributed by atoms with van der Waals surface area (Å²) in [6.07, 6.45) is 9.65. The molecule has 1 heterocycles. The van der Waals surface area contributed by atoms with Crippen LogP contribution in [0.1, 0.15) is 59.1 Å². The molecule has 1 saturated carbocycles. The van der Waals surface area contributed by atoms with Gasteiger partial charge in [0, 0.05) is 27.5 Å². The molecular formula is C31H26O. The van der Waals surface area contributed by atoms with Gasteiger partial charge in [-0.15, -0.1) is 0 Å². The molecule has 0 N–H and O–H groups in total. The first-order valence-electron chi connectivity index (χ1n) is 11.8. The smallest absolute Gasteiger partial charge is 0.178 e. The molecule has 1 fully saturated rings. The first kappa shape index (κ1) is 18.3. The summed E-state index contributed by atoms with van der Waals surface area (Å²) in [5, 5.41) is 2.42. The van der Waals surface area contributed by atoms with Crippen molar-refractivity contribution in [2.75, 3.05) is 0 Å². The standard InChI is InChI=1S/C31H26O/c1-21-20-22-10-2-3-11-24(22)29-23(21)16-19-31(32-29)27-14-6-4-12-25(27)30(17-8-9-18-30)26-13-5-7-15-28(26)31/h2-7,10-16,19-20H,8-9,17-18H2,1H3. The van der Waals surface area contributed by atoms with Gasteiger partial charge >= 0.3 is 0 Å². The molecule has 156 valence electrons. The number of benzene rings is 4. The Labute approximate surface area is 189 Å². The van der Waals surface area contributed by atoms with Gasteiger partial charge in [0.2, 0.25) is 0 Å². The zero-order valence-electron chi connectivity index (χ0n) is 18.4. The van der Waals surface area contributed by atoms with Crippen LogP contribution in [-0.4, -0.2) is 0 Å². The summed E-state index contributed by atoms with van der Waals surface area (Å²) in [6.45, 7) is 2.19. The average Bonchev–Trinajstić information content (AvgIpc) is 3.34. The van der Waals surface area contributed by atoms with E-state index >= 15 is 0 Å². The fraction of sp³-hybridized carbons (Fsp3) is 0.226. The lowest BCUT2D eigenvalue weighted by Crippen LogP contribution is -2.44. The van der Waals surface area contributed by atoms with Crippen LogP contribution in [0.25, 0.3) is 16.8 Å². The number of hydrogen-bond acceptors (Lipinski definition) is 1. The summed E-state index contributed by atoms with van der Waals surface area (Å²) in [4.78, 5) is 0. The second-order valence-electron chi connectivity index (χ2n) is 9.71. The van der Waals surface area contributed by atoms with E-state index in [1.165, 1.54) is 69.8 Å². The van der Waals surface area contributed by atoms with E-state index in [2.05, 4.69) is 97.9 Å². The van der Waals surface area contributed by atoms with Crippen LogP contribution in [0.2, 0.25) is 0 Å². The van der Waals surface area contributed by atoms with Gasteiger partial charge in [-0.25, -0.2) is 0 Å². The van der Waals surface area contributed by atoms with Crippen LogP contribution < -0.4 is 4.74 Å². The van der Waals surface area contributed by atoms with Gasteiger partial charge in [0.1, 0.15) is 5.75 Å². The van der Waals surface area contributed by atoms with E-state index in [1.807, 2.05) is 0 Å². The van der Waals surface area contributed by atoms with Crippen LogP contribution in [0.3, 0.4) is 0 Å². The van der Waals surface area contributed by atoms with E-state index in [9.17, 15) is 0 Å². The minimum absolute atomic E-state index is 0.116. The quantitative estimate of drug-likeness (QED) is 0.287. The largest absolute Gasteiger partial charge is 0.472 e. The highest BCUT2D eigenvalue weighted by Gasteiger charge is 2.52. The number of rotatable bonds is 0. The predicted molar refractivity (Wildman–Crippen MR) is 131 cm³/mol. The summed E-state index contributed by atoms with van der Waals surface area (Å²) in [5.74, 6) is 1.01. The van der Waals surface area contributed by atoms with Gasteiger partial charge in [0.15, 0.2) is 5.60 Å². The second-order valence-corrected chi connectivity index (χ2v) is 9.71. The van der Waals surface area contributed by atoms with Crippen LogP contribution in [0.5, 0.6) is 5.75 Å². The summed E-state index contributed by atoms with van der Waals surface area (Å²) in [5.41, 5.74) is 7.53. The third-order valence-electron chi connectivity index (χ3n) is 8.14. The molecule has 0 aromatic heterocycles. The summed E-state index contributed by atoms with van der Waals surface area (Å²) < 4.78 is 7.22. The van der Waals surface area contributed by atoms with Crippen LogP contribution in [-0.2, 0) is 11.0 Å². The maximum Gasteiger partial charge on any atom is 0.178 e. The highest BCUT2D eigenvalue weighted by atomic mass is 16.5. The number of aryl methyl sites for hydroxylation is 1. The lowest BCUT2D eigenvalue weighted by Gasteiger charge is -2.48. The zero-order valence-corrected chi connectivity index (χ0v) is 18.4. The topological polar surface area (TPSA) is 9.23 Å². The molecule has 1 nitrogen and oxygen atoms in total. The number of ether oxygens (including phenoxy) is 1. The van der Waals surface area contributed by atoms with Gasteiger partial charge in [-0.1, -0.05) is 97.8 Å². The lowest BCUT2D eigenvalue weighted by atomic mass is 9.60. The third-order valence-corrected chi connectivity index (χ3v) is 8.14. The van der Waals surface area contributed by atoms with Crippen molar-refractivity contribution < 1.29 is 4.74 Å². The molecule has 0 amide bonds. The SMILES string of the molecule is Cc1cc2ccccc2c2c1C=CC1(O2)c2ccccc2C2(CCCC2)c2ccccc21. The molecule has 0 bridgehead atoms. The molecule has 0 atom stereocenters. The molecule has 32 heavy (non-hydrogen) atoms. The molecule has 0 unspecified atom stereocenters. The van der Waals surface area contributed by atoms with Crippen molar-refractivity contribution in [2.45, 2.75) is 43.6 Å². The molecule has 1 heteroatoms. The molecule has 4 aromatic carbocycles. The van der Waals surface area contributed by atoms with Crippen molar-refractivity contribution in [3.8, 4) is 5.75 Å². The highest BCUT2D eigenvalue weighted by Crippen LogP contribution is 2.58. The van der Waals surface area contributed by atoms with Gasteiger partial charge in [-0.05, 0) is 47.9 Å². The molecule has 0 radical (unpaired) electrons. The van der Waals surface area contributed by atoms with Gasteiger partial charge in [0.25, 0.3) is 0 Å². The second kappa shape index (κ2) is 6.36. The first-order valence-corrected chi connectivity index (χ1v) is 11.8. The molecule has 4 aromatic rings. The summed E-state index contributed by atoms with van der Waals surface area (Å²) >= 11 is 0. The van der Waals surface area contributed by atoms with Crippen molar-refractivity contribution >= 4 is 16.8 Å². The highest BCUT2D eigenvalue weighted by molar-refractivity contribution is 5.94. The average molecular weight is 415 g/mol. The fourth-order valence-corrected chi connectivity index (χ4v) is 6.72. The minimum Gasteiger partial charge on any atom is -0.472 e. The number of fused-ring (bicyclic) bond motifs is 9. The fourth-order valence-electron chi connectivity index (χ4n) is 6.72. The van der Waals surface area contributed by atoms with Crippen molar-refractivity contribution in [3.63, 3.8) is 0 Å². The number of hydrogen-bond donors (Lipinski definition) is 0. The Morgan fingerprint density at radius 3 is 2.00 bits per heavy atom. The Morgan fingerprint density at radius 1 is 0.719 bits per heavy atom. The third kappa shape index (κ3) is 2.19. The molecule has 3 aliphatic rings. The van der Waals surface area contributed by atoms with Crippen LogP contribution in [0.4, 0.5) is 0 Å². The van der Waals surface area contributed by atoms with Gasteiger partial charge < -0.3 is 4.74 Å². The van der Waals surface area contributed by atoms with E-state index in [-0.39, 0.29) is 5.41 Å². The molecule has 2 spiro atoms. The summed E-state index contributed by atoms with van der Waals surface area (Å²) in [6, 6.07) is 29.0. The monoisotopic (exact) mass is 414 g/mol. The van der Waals surface area contributed by atoms with Gasteiger partial charge in [-0.3, -0.25) is 0 Å². The van der Waals surface area contributed by atoms with Gasteiger partial charge in [0.05, 0.1) is 0 Å². The van der Waals surface area contributed by atoms with Gasteiger partial charge in [-0.2, -0.15) is 0 Å².